The third-order valence-corrected chi connectivity index (χ3v) is 4.23. The van der Waals surface area contributed by atoms with E-state index in [9.17, 15) is 8.42 Å². The normalized spacial score (nSPS) is 13.0. The third-order valence-electron chi connectivity index (χ3n) is 2.53. The van der Waals surface area contributed by atoms with Crippen LogP contribution in [0.1, 0.15) is 20.8 Å². The van der Waals surface area contributed by atoms with Gasteiger partial charge in [0.25, 0.3) is 0 Å². The Labute approximate surface area is 137 Å². The van der Waals surface area contributed by atoms with E-state index < -0.39 is 10.0 Å². The molecule has 0 bridgehead atoms. The van der Waals surface area contributed by atoms with Crippen LogP contribution in [-0.4, -0.2) is 40.1 Å². The van der Waals surface area contributed by atoms with Crippen molar-refractivity contribution in [3.63, 3.8) is 0 Å². The zero-order valence-corrected chi connectivity index (χ0v) is 14.8. The summed E-state index contributed by atoms with van der Waals surface area (Å²) >= 11 is 5.81. The molecule has 0 saturated carbocycles. The summed E-state index contributed by atoms with van der Waals surface area (Å²) in [7, 11) is -1.89. The van der Waals surface area contributed by atoms with Crippen molar-refractivity contribution in [1.29, 1.82) is 0 Å². The van der Waals surface area contributed by atoms with Crippen LogP contribution in [-0.2, 0) is 10.0 Å². The van der Waals surface area contributed by atoms with Crippen molar-refractivity contribution >= 4 is 27.6 Å². The minimum Gasteiger partial charge on any atom is -0.355 e. The van der Waals surface area contributed by atoms with E-state index >= 15 is 0 Å². The van der Waals surface area contributed by atoms with Crippen molar-refractivity contribution in [2.75, 3.05) is 20.1 Å². The standard InChI is InChI=1S/C14H23ClN4O2S/c1-14(2,3)19-13(16-4)17-8-9-18-22(20,21)12-7-5-6-11(15)10-12/h5-7,10,18H,8-9H2,1-4H3,(H2,16,17,19). The summed E-state index contributed by atoms with van der Waals surface area (Å²) in [5, 5.41) is 6.62. The van der Waals surface area contributed by atoms with Crippen LogP contribution in [0.4, 0.5) is 0 Å². The molecule has 3 N–H and O–H groups in total. The molecule has 0 fully saturated rings. The number of aliphatic imine (C=N–C) groups is 1. The van der Waals surface area contributed by atoms with Crippen LogP contribution in [0.3, 0.4) is 0 Å². The first-order valence-electron chi connectivity index (χ1n) is 6.88. The summed E-state index contributed by atoms with van der Waals surface area (Å²) in [5.74, 6) is 0.620. The Morgan fingerprint density at radius 3 is 2.50 bits per heavy atom. The number of nitrogens with zero attached hydrogens (tertiary/aromatic N) is 1. The lowest BCUT2D eigenvalue weighted by atomic mass is 10.1. The molecule has 0 saturated heterocycles. The van der Waals surface area contributed by atoms with Crippen molar-refractivity contribution in [2.45, 2.75) is 31.2 Å². The Morgan fingerprint density at radius 2 is 1.95 bits per heavy atom. The van der Waals surface area contributed by atoms with Gasteiger partial charge in [-0.1, -0.05) is 17.7 Å². The highest BCUT2D eigenvalue weighted by Gasteiger charge is 2.14. The highest BCUT2D eigenvalue weighted by atomic mass is 35.5. The molecule has 1 aromatic carbocycles. The van der Waals surface area contributed by atoms with Gasteiger partial charge >= 0.3 is 0 Å². The molecular formula is C14H23ClN4O2S. The molecule has 0 spiro atoms. The molecule has 6 nitrogen and oxygen atoms in total. The lowest BCUT2D eigenvalue weighted by molar-refractivity contribution is 0.501. The smallest absolute Gasteiger partial charge is 0.240 e. The lowest BCUT2D eigenvalue weighted by Crippen LogP contribution is -2.49. The second-order valence-electron chi connectivity index (χ2n) is 5.73. The number of nitrogens with one attached hydrogen (secondary N) is 3. The Hall–Kier alpha value is -1.31. The summed E-state index contributed by atoms with van der Waals surface area (Å²) in [4.78, 5) is 4.23. The van der Waals surface area contributed by atoms with Crippen molar-refractivity contribution in [3.05, 3.63) is 29.3 Å². The summed E-state index contributed by atoms with van der Waals surface area (Å²) in [6.07, 6.45) is 0. The van der Waals surface area contributed by atoms with Crippen molar-refractivity contribution < 1.29 is 8.42 Å². The molecule has 22 heavy (non-hydrogen) atoms. The highest BCUT2D eigenvalue weighted by molar-refractivity contribution is 7.89. The van der Waals surface area contributed by atoms with Gasteiger partial charge in [0.05, 0.1) is 4.90 Å². The fraction of sp³-hybridized carbons (Fsp3) is 0.500. The Kier molecular flexibility index (Phi) is 6.65. The molecule has 0 aliphatic carbocycles. The van der Waals surface area contributed by atoms with Crippen LogP contribution in [0.15, 0.2) is 34.2 Å². The van der Waals surface area contributed by atoms with E-state index in [1.165, 1.54) is 12.1 Å². The van der Waals surface area contributed by atoms with Gasteiger partial charge in [-0.05, 0) is 39.0 Å². The van der Waals surface area contributed by atoms with Gasteiger partial charge < -0.3 is 10.6 Å². The first kappa shape index (κ1) is 18.7. The number of benzene rings is 1. The summed E-state index contributed by atoms with van der Waals surface area (Å²) < 4.78 is 26.7. The number of halogens is 1. The SMILES string of the molecule is CN=C(NCCNS(=O)(=O)c1cccc(Cl)c1)NC(C)(C)C. The van der Waals surface area contributed by atoms with E-state index in [0.29, 0.717) is 17.5 Å². The number of sulfonamides is 1. The highest BCUT2D eigenvalue weighted by Crippen LogP contribution is 2.14. The van der Waals surface area contributed by atoms with Gasteiger partial charge in [0.15, 0.2) is 5.96 Å². The minimum atomic E-state index is -3.56. The van der Waals surface area contributed by atoms with Gasteiger partial charge in [-0.3, -0.25) is 4.99 Å². The van der Waals surface area contributed by atoms with Crippen LogP contribution in [0, 0.1) is 0 Å². The molecule has 0 atom stereocenters. The van der Waals surface area contributed by atoms with Crippen LogP contribution in [0.25, 0.3) is 0 Å². The average Bonchev–Trinajstić information content (AvgIpc) is 2.41. The number of rotatable bonds is 5. The number of hydrogen-bond acceptors (Lipinski definition) is 3. The van der Waals surface area contributed by atoms with Gasteiger partial charge in [-0.25, -0.2) is 13.1 Å². The molecular weight excluding hydrogens is 324 g/mol. The van der Waals surface area contributed by atoms with E-state index in [1.807, 2.05) is 20.8 Å². The Balaban J connectivity index is 2.50. The van der Waals surface area contributed by atoms with E-state index in [2.05, 4.69) is 20.3 Å². The van der Waals surface area contributed by atoms with Crippen molar-refractivity contribution in [3.8, 4) is 0 Å². The molecule has 1 aromatic rings. The quantitative estimate of drug-likeness (QED) is 0.429. The van der Waals surface area contributed by atoms with Gasteiger partial charge in [-0.15, -0.1) is 0 Å². The first-order valence-corrected chi connectivity index (χ1v) is 8.74. The predicted octanol–water partition coefficient (Wildman–Crippen LogP) is 1.58. The molecule has 0 unspecified atom stereocenters. The van der Waals surface area contributed by atoms with Crippen LogP contribution in [0.5, 0.6) is 0 Å². The number of hydrogen-bond donors (Lipinski definition) is 3. The third kappa shape index (κ3) is 6.64. The lowest BCUT2D eigenvalue weighted by Gasteiger charge is -2.23. The van der Waals surface area contributed by atoms with E-state index in [-0.39, 0.29) is 17.0 Å². The van der Waals surface area contributed by atoms with Gasteiger partial charge in [-0.2, -0.15) is 0 Å². The predicted molar refractivity (Wildman–Crippen MR) is 90.9 cm³/mol. The maximum absolute atomic E-state index is 12.1. The zero-order valence-electron chi connectivity index (χ0n) is 13.3. The van der Waals surface area contributed by atoms with Crippen LogP contribution >= 0.6 is 11.6 Å². The fourth-order valence-electron chi connectivity index (χ4n) is 1.62. The maximum Gasteiger partial charge on any atom is 0.240 e. The second kappa shape index (κ2) is 7.80. The first-order chi connectivity index (χ1) is 10.1. The molecule has 0 radical (unpaired) electrons. The molecule has 0 aromatic heterocycles. The minimum absolute atomic E-state index is 0.123. The molecule has 0 aliphatic heterocycles. The molecule has 0 amide bonds. The monoisotopic (exact) mass is 346 g/mol. The maximum atomic E-state index is 12.1. The Bertz CT molecular complexity index is 624. The molecule has 124 valence electrons. The van der Waals surface area contributed by atoms with Gasteiger partial charge in [0, 0.05) is 30.7 Å². The summed E-state index contributed by atoms with van der Waals surface area (Å²) in [5.41, 5.74) is -0.123. The molecule has 0 aliphatic rings. The van der Waals surface area contributed by atoms with E-state index in [4.69, 9.17) is 11.6 Å². The summed E-state index contributed by atoms with van der Waals surface area (Å²) in [6, 6.07) is 6.15. The van der Waals surface area contributed by atoms with E-state index in [0.717, 1.165) is 0 Å². The van der Waals surface area contributed by atoms with Crippen LogP contribution in [0.2, 0.25) is 5.02 Å². The van der Waals surface area contributed by atoms with Gasteiger partial charge in [0.2, 0.25) is 10.0 Å². The van der Waals surface area contributed by atoms with E-state index in [1.54, 1.807) is 19.2 Å². The largest absolute Gasteiger partial charge is 0.355 e. The molecule has 1 rings (SSSR count). The molecule has 0 heterocycles. The summed E-state index contributed by atoms with van der Waals surface area (Å²) in [6.45, 7) is 6.69. The number of guanidine groups is 1. The van der Waals surface area contributed by atoms with Gasteiger partial charge in [0.1, 0.15) is 0 Å². The van der Waals surface area contributed by atoms with Crippen LogP contribution < -0.4 is 15.4 Å². The second-order valence-corrected chi connectivity index (χ2v) is 7.93. The molecule has 8 heteroatoms. The zero-order chi connectivity index (χ0) is 16.8. The Morgan fingerprint density at radius 1 is 1.27 bits per heavy atom. The topological polar surface area (TPSA) is 82.6 Å². The average molecular weight is 347 g/mol. The van der Waals surface area contributed by atoms with Crippen molar-refractivity contribution in [1.82, 2.24) is 15.4 Å². The van der Waals surface area contributed by atoms with Crippen molar-refractivity contribution in [2.24, 2.45) is 4.99 Å². The fourth-order valence-corrected chi connectivity index (χ4v) is 2.95.